The van der Waals surface area contributed by atoms with Crippen molar-refractivity contribution < 1.29 is 9.53 Å². The van der Waals surface area contributed by atoms with E-state index in [2.05, 4.69) is 16.3 Å². The van der Waals surface area contributed by atoms with Gasteiger partial charge in [0.1, 0.15) is 12.4 Å². The summed E-state index contributed by atoms with van der Waals surface area (Å²) in [4.78, 5) is 14.4. The minimum atomic E-state index is -0.0142. The minimum absolute atomic E-state index is 0.0142. The van der Waals surface area contributed by atoms with Crippen molar-refractivity contribution in [3.63, 3.8) is 0 Å². The Labute approximate surface area is 130 Å². The van der Waals surface area contributed by atoms with Crippen LogP contribution in [-0.4, -0.2) is 32.1 Å². The maximum Gasteiger partial charge on any atom is 0.251 e. The Morgan fingerprint density at radius 3 is 2.82 bits per heavy atom. The molecule has 1 amide bonds. The van der Waals surface area contributed by atoms with Gasteiger partial charge in [0.05, 0.1) is 12.2 Å². The van der Waals surface area contributed by atoms with Gasteiger partial charge < -0.3 is 15.0 Å². The Morgan fingerprint density at radius 2 is 1.95 bits per heavy atom. The van der Waals surface area contributed by atoms with Gasteiger partial charge in [-0.15, -0.1) is 0 Å². The number of rotatable bonds is 4. The number of hydrogen-bond acceptors (Lipinski definition) is 3. The molecule has 114 valence electrons. The molecule has 0 aromatic heterocycles. The maximum absolute atomic E-state index is 12.2. The summed E-state index contributed by atoms with van der Waals surface area (Å²) in [5.41, 5.74) is 2.83. The van der Waals surface area contributed by atoms with E-state index in [1.54, 1.807) is 0 Å². The van der Waals surface area contributed by atoms with Gasteiger partial charge in [0.25, 0.3) is 5.91 Å². The van der Waals surface area contributed by atoms with Gasteiger partial charge in [0.15, 0.2) is 0 Å². The number of hydrogen-bond donors (Lipinski definition) is 1. The van der Waals surface area contributed by atoms with Crippen LogP contribution < -0.4 is 15.0 Å². The number of nitrogens with zero attached hydrogens (tertiary/aromatic N) is 1. The molecule has 3 rings (SSSR count). The molecule has 0 unspecified atom stereocenters. The summed E-state index contributed by atoms with van der Waals surface area (Å²) in [5, 5.41) is 3.00. The van der Waals surface area contributed by atoms with E-state index in [1.807, 2.05) is 49.4 Å². The van der Waals surface area contributed by atoms with Crippen LogP contribution in [0.15, 0.2) is 48.5 Å². The zero-order valence-corrected chi connectivity index (χ0v) is 12.7. The Kier molecular flexibility index (Phi) is 4.28. The van der Waals surface area contributed by atoms with Gasteiger partial charge in [0.2, 0.25) is 0 Å². The molecule has 0 fully saturated rings. The van der Waals surface area contributed by atoms with Crippen LogP contribution in [0.1, 0.15) is 15.9 Å². The van der Waals surface area contributed by atoms with Crippen LogP contribution in [0.4, 0.5) is 5.69 Å². The van der Waals surface area contributed by atoms with E-state index in [9.17, 15) is 4.79 Å². The fourth-order valence-electron chi connectivity index (χ4n) is 2.69. The first-order chi connectivity index (χ1) is 10.8. The number of aryl methyl sites for hydroxylation is 1. The molecule has 1 N–H and O–H groups in total. The van der Waals surface area contributed by atoms with Crippen molar-refractivity contribution in [3.8, 4) is 5.75 Å². The second-order valence-electron chi connectivity index (χ2n) is 5.37. The number of para-hydroxylation sites is 2. The maximum atomic E-state index is 12.2. The molecule has 0 aliphatic carbocycles. The molecule has 0 atom stereocenters. The smallest absolute Gasteiger partial charge is 0.251 e. The first kappa shape index (κ1) is 14.4. The summed E-state index contributed by atoms with van der Waals surface area (Å²) in [7, 11) is 0. The first-order valence-electron chi connectivity index (χ1n) is 7.56. The van der Waals surface area contributed by atoms with Crippen molar-refractivity contribution >= 4 is 11.6 Å². The summed E-state index contributed by atoms with van der Waals surface area (Å²) in [5.74, 6) is 0.902. The Balaban J connectivity index is 1.58. The Morgan fingerprint density at radius 1 is 1.18 bits per heavy atom. The third-order valence-electron chi connectivity index (χ3n) is 3.88. The SMILES string of the molecule is Cc1ccccc1C(=O)NCCN1CCOc2ccccc21. The lowest BCUT2D eigenvalue weighted by molar-refractivity contribution is 0.0954. The summed E-state index contributed by atoms with van der Waals surface area (Å²) in [6.07, 6.45) is 0. The Bertz CT molecular complexity index is 670. The summed E-state index contributed by atoms with van der Waals surface area (Å²) in [6.45, 7) is 4.87. The van der Waals surface area contributed by atoms with Gasteiger partial charge in [-0.1, -0.05) is 30.3 Å². The fraction of sp³-hybridized carbons (Fsp3) is 0.278. The number of benzene rings is 2. The molecule has 2 aromatic carbocycles. The molecule has 4 nitrogen and oxygen atoms in total. The van der Waals surface area contributed by atoms with E-state index < -0.39 is 0 Å². The lowest BCUT2D eigenvalue weighted by Gasteiger charge is -2.31. The topological polar surface area (TPSA) is 41.6 Å². The van der Waals surface area contributed by atoms with Crippen LogP contribution in [0, 0.1) is 6.92 Å². The van der Waals surface area contributed by atoms with E-state index in [1.165, 1.54) is 0 Å². The molecule has 0 radical (unpaired) electrons. The average molecular weight is 296 g/mol. The van der Waals surface area contributed by atoms with E-state index in [4.69, 9.17) is 4.74 Å². The van der Waals surface area contributed by atoms with Crippen LogP contribution in [0.3, 0.4) is 0 Å². The molecule has 0 saturated carbocycles. The largest absolute Gasteiger partial charge is 0.490 e. The highest BCUT2D eigenvalue weighted by Crippen LogP contribution is 2.30. The lowest BCUT2D eigenvalue weighted by Crippen LogP contribution is -2.39. The number of carbonyl (C=O) groups is 1. The van der Waals surface area contributed by atoms with Crippen molar-refractivity contribution in [1.82, 2.24) is 5.32 Å². The fourth-order valence-corrected chi connectivity index (χ4v) is 2.69. The molecule has 0 saturated heterocycles. The average Bonchev–Trinajstić information content (AvgIpc) is 2.55. The second-order valence-corrected chi connectivity index (χ2v) is 5.37. The molecule has 0 spiro atoms. The highest BCUT2D eigenvalue weighted by molar-refractivity contribution is 5.95. The first-order valence-corrected chi connectivity index (χ1v) is 7.56. The number of nitrogens with one attached hydrogen (secondary N) is 1. The van der Waals surface area contributed by atoms with Crippen molar-refractivity contribution in [1.29, 1.82) is 0 Å². The molecular weight excluding hydrogens is 276 g/mol. The summed E-state index contributed by atoms with van der Waals surface area (Å²) >= 11 is 0. The van der Waals surface area contributed by atoms with Crippen LogP contribution in [0.5, 0.6) is 5.75 Å². The van der Waals surface area contributed by atoms with Gasteiger partial charge in [0, 0.05) is 18.7 Å². The predicted molar refractivity (Wildman–Crippen MR) is 87.7 cm³/mol. The molecule has 22 heavy (non-hydrogen) atoms. The number of anilines is 1. The monoisotopic (exact) mass is 296 g/mol. The minimum Gasteiger partial charge on any atom is -0.490 e. The van der Waals surface area contributed by atoms with Crippen molar-refractivity contribution in [2.45, 2.75) is 6.92 Å². The van der Waals surface area contributed by atoms with Crippen LogP contribution >= 0.6 is 0 Å². The third-order valence-corrected chi connectivity index (χ3v) is 3.88. The normalized spacial score (nSPS) is 13.2. The quantitative estimate of drug-likeness (QED) is 0.943. The van der Waals surface area contributed by atoms with Crippen LogP contribution in [0.2, 0.25) is 0 Å². The van der Waals surface area contributed by atoms with Crippen LogP contribution in [-0.2, 0) is 0 Å². The van der Waals surface area contributed by atoms with Gasteiger partial charge in [-0.3, -0.25) is 4.79 Å². The molecule has 1 heterocycles. The zero-order valence-electron chi connectivity index (χ0n) is 12.7. The third kappa shape index (κ3) is 3.06. The van der Waals surface area contributed by atoms with Crippen molar-refractivity contribution in [3.05, 3.63) is 59.7 Å². The zero-order chi connectivity index (χ0) is 15.4. The predicted octanol–water partition coefficient (Wildman–Crippen LogP) is 2.62. The highest BCUT2D eigenvalue weighted by atomic mass is 16.5. The molecule has 4 heteroatoms. The Hall–Kier alpha value is -2.49. The van der Waals surface area contributed by atoms with E-state index in [0.717, 1.165) is 35.7 Å². The summed E-state index contributed by atoms with van der Waals surface area (Å²) < 4.78 is 5.64. The summed E-state index contributed by atoms with van der Waals surface area (Å²) in [6, 6.07) is 15.7. The molecule has 2 aromatic rings. The number of amides is 1. The van der Waals surface area contributed by atoms with E-state index >= 15 is 0 Å². The highest BCUT2D eigenvalue weighted by Gasteiger charge is 2.17. The second kappa shape index (κ2) is 6.52. The number of fused-ring (bicyclic) bond motifs is 1. The number of ether oxygens (including phenoxy) is 1. The lowest BCUT2D eigenvalue weighted by atomic mass is 10.1. The van der Waals surface area contributed by atoms with Gasteiger partial charge in [-0.25, -0.2) is 0 Å². The van der Waals surface area contributed by atoms with E-state index in [0.29, 0.717) is 13.2 Å². The molecule has 1 aliphatic rings. The molecular formula is C18H20N2O2. The standard InChI is InChI=1S/C18H20N2O2/c1-14-6-2-3-7-15(14)18(21)19-10-11-20-12-13-22-17-9-5-4-8-16(17)20/h2-9H,10-13H2,1H3,(H,19,21). The van der Waals surface area contributed by atoms with Crippen molar-refractivity contribution in [2.75, 3.05) is 31.1 Å². The molecule has 0 bridgehead atoms. The van der Waals surface area contributed by atoms with Gasteiger partial charge >= 0.3 is 0 Å². The van der Waals surface area contributed by atoms with Gasteiger partial charge in [-0.05, 0) is 30.7 Å². The van der Waals surface area contributed by atoms with Gasteiger partial charge in [-0.2, -0.15) is 0 Å². The van der Waals surface area contributed by atoms with E-state index in [-0.39, 0.29) is 5.91 Å². The van der Waals surface area contributed by atoms with Crippen molar-refractivity contribution in [2.24, 2.45) is 0 Å². The van der Waals surface area contributed by atoms with Crippen LogP contribution in [0.25, 0.3) is 0 Å². The number of carbonyl (C=O) groups excluding carboxylic acids is 1. The molecule has 1 aliphatic heterocycles.